The largest absolute Gasteiger partial charge is 0.506 e. The fourth-order valence-electron chi connectivity index (χ4n) is 4.21. The third-order valence-corrected chi connectivity index (χ3v) is 6.05. The lowest BCUT2D eigenvalue weighted by Crippen LogP contribution is -2.36. The Morgan fingerprint density at radius 1 is 1.00 bits per heavy atom. The van der Waals surface area contributed by atoms with Gasteiger partial charge in [-0.05, 0) is 54.6 Å². The van der Waals surface area contributed by atoms with E-state index in [0.29, 0.717) is 54.6 Å². The third-order valence-electron chi connectivity index (χ3n) is 6.05. The summed E-state index contributed by atoms with van der Waals surface area (Å²) in [5, 5.41) is 19.5. The lowest BCUT2D eigenvalue weighted by molar-refractivity contribution is -0.111. The first-order valence-corrected chi connectivity index (χ1v) is 12.3. The van der Waals surface area contributed by atoms with Crippen LogP contribution in [0.5, 0.6) is 5.75 Å². The second kappa shape index (κ2) is 11.6. The van der Waals surface area contributed by atoms with Gasteiger partial charge in [-0.3, -0.25) is 4.79 Å². The maximum atomic E-state index is 14.6. The van der Waals surface area contributed by atoms with Crippen LogP contribution in [0.2, 0.25) is 0 Å². The topological polar surface area (TPSA) is 112 Å². The van der Waals surface area contributed by atoms with E-state index in [1.54, 1.807) is 24.4 Å². The molecule has 4 aromatic rings. The van der Waals surface area contributed by atoms with Crippen molar-refractivity contribution >= 4 is 40.3 Å². The summed E-state index contributed by atoms with van der Waals surface area (Å²) < 4.78 is 20.1. The molecule has 2 heterocycles. The summed E-state index contributed by atoms with van der Waals surface area (Å²) in [5.74, 6) is -0.564. The zero-order valence-electron chi connectivity index (χ0n) is 21.0. The number of carbonyl (C=O) groups is 1. The molecule has 198 valence electrons. The number of morpholine rings is 1. The van der Waals surface area contributed by atoms with Gasteiger partial charge in [0.1, 0.15) is 11.6 Å². The van der Waals surface area contributed by atoms with E-state index in [-0.39, 0.29) is 17.4 Å². The monoisotopic (exact) mass is 526 g/mol. The van der Waals surface area contributed by atoms with Gasteiger partial charge in [-0.15, -0.1) is 0 Å². The Labute approximate surface area is 225 Å². The first-order valence-electron chi connectivity index (χ1n) is 12.3. The van der Waals surface area contributed by atoms with Gasteiger partial charge in [0.25, 0.3) is 0 Å². The molecule has 0 unspecified atom stereocenters. The van der Waals surface area contributed by atoms with Gasteiger partial charge >= 0.3 is 0 Å². The number of anilines is 6. The van der Waals surface area contributed by atoms with Crippen LogP contribution in [-0.2, 0) is 9.53 Å². The van der Waals surface area contributed by atoms with Gasteiger partial charge in [0.15, 0.2) is 0 Å². The van der Waals surface area contributed by atoms with E-state index >= 15 is 0 Å². The Kier molecular flexibility index (Phi) is 7.65. The molecule has 1 aliphatic heterocycles. The lowest BCUT2D eigenvalue weighted by atomic mass is 10.1. The summed E-state index contributed by atoms with van der Waals surface area (Å²) in [6.45, 7) is 5.95. The molecule has 0 saturated carbocycles. The number of nitrogens with one attached hydrogen (secondary N) is 3. The molecule has 5 rings (SSSR count). The molecule has 1 saturated heterocycles. The van der Waals surface area contributed by atoms with E-state index in [4.69, 9.17) is 9.72 Å². The minimum Gasteiger partial charge on any atom is -0.506 e. The van der Waals surface area contributed by atoms with Crippen LogP contribution in [0.15, 0.2) is 85.6 Å². The standard InChI is InChI=1S/C29H27FN6O3/c1-2-27(38)33-23-15-19(14-20(30)16-23)28-24(32-21-6-4-3-5-7-21)18-31-29(35-28)34-22-8-9-26(37)25(17-22)36-10-12-39-13-11-36/h2-9,14-18,32,37H,1,10-13H2,(H,33,38)(H,31,34,35). The molecular formula is C29H27FN6O3. The van der Waals surface area contributed by atoms with Crippen LogP contribution in [-0.4, -0.2) is 47.3 Å². The van der Waals surface area contributed by atoms with Crippen LogP contribution in [0.4, 0.5) is 38.8 Å². The van der Waals surface area contributed by atoms with Crippen molar-refractivity contribution in [1.82, 2.24) is 9.97 Å². The van der Waals surface area contributed by atoms with Gasteiger partial charge in [-0.25, -0.2) is 14.4 Å². The highest BCUT2D eigenvalue weighted by Gasteiger charge is 2.17. The smallest absolute Gasteiger partial charge is 0.247 e. The zero-order valence-corrected chi connectivity index (χ0v) is 21.0. The lowest BCUT2D eigenvalue weighted by Gasteiger charge is -2.29. The minimum atomic E-state index is -0.542. The van der Waals surface area contributed by atoms with E-state index < -0.39 is 11.7 Å². The Morgan fingerprint density at radius 3 is 2.56 bits per heavy atom. The van der Waals surface area contributed by atoms with E-state index in [1.165, 1.54) is 12.1 Å². The molecule has 9 nitrogen and oxygen atoms in total. The van der Waals surface area contributed by atoms with Crippen molar-refractivity contribution in [3.63, 3.8) is 0 Å². The average molecular weight is 527 g/mol. The summed E-state index contributed by atoms with van der Waals surface area (Å²) in [6.07, 6.45) is 2.72. The van der Waals surface area contributed by atoms with E-state index in [2.05, 4.69) is 32.4 Å². The first kappa shape index (κ1) is 25.7. The average Bonchev–Trinajstić information content (AvgIpc) is 2.95. The maximum Gasteiger partial charge on any atom is 0.247 e. The highest BCUT2D eigenvalue weighted by molar-refractivity contribution is 5.99. The van der Waals surface area contributed by atoms with E-state index in [0.717, 1.165) is 11.8 Å². The van der Waals surface area contributed by atoms with Crippen LogP contribution >= 0.6 is 0 Å². The summed E-state index contributed by atoms with van der Waals surface area (Å²) >= 11 is 0. The Bertz CT molecular complexity index is 1490. The van der Waals surface area contributed by atoms with Crippen LogP contribution in [0.25, 0.3) is 11.3 Å². The number of nitrogens with zero attached hydrogens (tertiary/aromatic N) is 3. The number of amides is 1. The van der Waals surface area contributed by atoms with Crippen LogP contribution < -0.4 is 20.9 Å². The van der Waals surface area contributed by atoms with Gasteiger partial charge < -0.3 is 30.7 Å². The zero-order chi connectivity index (χ0) is 27.2. The van der Waals surface area contributed by atoms with Crippen molar-refractivity contribution in [3.8, 4) is 17.0 Å². The minimum absolute atomic E-state index is 0.167. The highest BCUT2D eigenvalue weighted by Crippen LogP contribution is 2.34. The first-order chi connectivity index (χ1) is 19.0. The van der Waals surface area contributed by atoms with Crippen molar-refractivity contribution < 1.29 is 19.0 Å². The van der Waals surface area contributed by atoms with Crippen molar-refractivity contribution in [2.24, 2.45) is 0 Å². The van der Waals surface area contributed by atoms with E-state index in [1.807, 2.05) is 36.4 Å². The summed E-state index contributed by atoms with van der Waals surface area (Å²) in [5.41, 5.74) is 3.80. The van der Waals surface area contributed by atoms with E-state index in [9.17, 15) is 14.3 Å². The second-order valence-electron chi connectivity index (χ2n) is 8.80. The van der Waals surface area contributed by atoms with Crippen molar-refractivity contribution in [2.45, 2.75) is 0 Å². The number of aromatic nitrogens is 2. The number of para-hydroxylation sites is 1. The number of aromatic hydroxyl groups is 1. The second-order valence-corrected chi connectivity index (χ2v) is 8.80. The Morgan fingerprint density at radius 2 is 1.79 bits per heavy atom. The molecule has 0 radical (unpaired) electrons. The fraction of sp³-hybridized carbons (Fsp3) is 0.138. The van der Waals surface area contributed by atoms with Crippen LogP contribution in [0.3, 0.4) is 0 Å². The fourth-order valence-corrected chi connectivity index (χ4v) is 4.21. The SMILES string of the molecule is C=CC(=O)Nc1cc(F)cc(-c2nc(Nc3ccc(O)c(N4CCOCC4)c3)ncc2Nc2ccccc2)c1. The van der Waals surface area contributed by atoms with Gasteiger partial charge in [0.05, 0.1) is 36.5 Å². The molecule has 0 bridgehead atoms. The van der Waals surface area contributed by atoms with Gasteiger partial charge in [-0.2, -0.15) is 0 Å². The Hall–Kier alpha value is -4.96. The molecular weight excluding hydrogens is 499 g/mol. The molecule has 4 N–H and O–H groups in total. The summed E-state index contributed by atoms with van der Waals surface area (Å²) in [7, 11) is 0. The number of phenols is 1. The molecule has 1 aromatic heterocycles. The predicted molar refractivity (Wildman–Crippen MR) is 150 cm³/mol. The summed E-state index contributed by atoms with van der Waals surface area (Å²) in [6, 6.07) is 18.8. The third kappa shape index (κ3) is 6.31. The number of halogens is 1. The van der Waals surface area contributed by atoms with Gasteiger partial charge in [0.2, 0.25) is 11.9 Å². The number of benzene rings is 3. The highest BCUT2D eigenvalue weighted by atomic mass is 19.1. The molecule has 1 fully saturated rings. The molecule has 0 aliphatic carbocycles. The summed E-state index contributed by atoms with van der Waals surface area (Å²) in [4.78, 5) is 23.1. The molecule has 1 amide bonds. The maximum absolute atomic E-state index is 14.6. The quantitative estimate of drug-likeness (QED) is 0.178. The van der Waals surface area contributed by atoms with Crippen LogP contribution in [0.1, 0.15) is 0 Å². The number of phenolic OH excluding ortho intramolecular Hbond substituents is 1. The number of rotatable bonds is 8. The van der Waals surface area contributed by atoms with Gasteiger partial charge in [0, 0.05) is 35.7 Å². The normalized spacial score (nSPS) is 13.0. The van der Waals surface area contributed by atoms with Crippen molar-refractivity contribution in [2.75, 3.05) is 47.2 Å². The molecule has 1 aliphatic rings. The molecule has 10 heteroatoms. The molecule has 0 spiro atoms. The number of hydrogen-bond donors (Lipinski definition) is 4. The molecule has 39 heavy (non-hydrogen) atoms. The number of ether oxygens (including phenoxy) is 1. The molecule has 3 aromatic carbocycles. The number of carbonyl (C=O) groups excluding carboxylic acids is 1. The predicted octanol–water partition coefficient (Wildman–Crippen LogP) is 5.44. The molecule has 0 atom stereocenters. The van der Waals surface area contributed by atoms with Crippen molar-refractivity contribution in [1.29, 1.82) is 0 Å². The number of hydrogen-bond acceptors (Lipinski definition) is 8. The Balaban J connectivity index is 1.51. The van der Waals surface area contributed by atoms with Gasteiger partial charge in [-0.1, -0.05) is 24.8 Å². The van der Waals surface area contributed by atoms with Crippen LogP contribution in [0, 0.1) is 5.82 Å². The van der Waals surface area contributed by atoms with Crippen molar-refractivity contribution in [3.05, 3.63) is 91.4 Å².